The van der Waals surface area contributed by atoms with E-state index >= 15 is 0 Å². The number of rotatable bonds is 5. The second-order valence-electron chi connectivity index (χ2n) is 7.59. The molecule has 0 spiro atoms. The van der Waals surface area contributed by atoms with Gasteiger partial charge in [-0.15, -0.1) is 0 Å². The van der Waals surface area contributed by atoms with E-state index in [2.05, 4.69) is 4.98 Å². The molecule has 0 saturated heterocycles. The Hall–Kier alpha value is -3.97. The third-order valence-corrected chi connectivity index (χ3v) is 5.73. The smallest absolute Gasteiger partial charge is 0.290 e. The average Bonchev–Trinajstić information content (AvgIpc) is 3.34. The van der Waals surface area contributed by atoms with Crippen molar-refractivity contribution in [2.24, 2.45) is 0 Å². The fourth-order valence-corrected chi connectivity index (χ4v) is 4.15. The van der Waals surface area contributed by atoms with Crippen molar-refractivity contribution >= 4 is 34.3 Å². The summed E-state index contributed by atoms with van der Waals surface area (Å²) < 4.78 is 19.3. The van der Waals surface area contributed by atoms with E-state index in [0.29, 0.717) is 27.2 Å². The first-order valence-electron chi connectivity index (χ1n) is 10.1. The molecule has 4 aromatic rings. The number of aliphatic hydroxyl groups excluding tert-OH is 1. The molecule has 1 amide bonds. The third-order valence-electron chi connectivity index (χ3n) is 5.49. The van der Waals surface area contributed by atoms with Crippen molar-refractivity contribution in [1.29, 1.82) is 0 Å². The average molecular weight is 463 g/mol. The highest BCUT2D eigenvalue weighted by molar-refractivity contribution is 6.31. The van der Waals surface area contributed by atoms with Gasteiger partial charge in [0.2, 0.25) is 5.78 Å². The first kappa shape index (κ1) is 20.9. The van der Waals surface area contributed by atoms with Gasteiger partial charge in [0.1, 0.15) is 11.4 Å². The number of hydrogen-bond donors (Lipinski definition) is 1. The number of halogens is 2. The van der Waals surface area contributed by atoms with Crippen LogP contribution in [-0.4, -0.2) is 26.7 Å². The second kappa shape index (κ2) is 8.18. The molecule has 0 saturated carbocycles. The maximum absolute atomic E-state index is 13.6. The highest BCUT2D eigenvalue weighted by Gasteiger charge is 2.44. The quantitative estimate of drug-likeness (QED) is 0.401. The third kappa shape index (κ3) is 3.76. The van der Waals surface area contributed by atoms with E-state index in [1.165, 1.54) is 35.2 Å². The van der Waals surface area contributed by atoms with Crippen LogP contribution in [0.3, 0.4) is 0 Å². The number of amides is 1. The highest BCUT2D eigenvalue weighted by Crippen LogP contribution is 2.40. The number of benzene rings is 2. The van der Waals surface area contributed by atoms with E-state index in [1.807, 2.05) is 0 Å². The van der Waals surface area contributed by atoms with Gasteiger partial charge in [0, 0.05) is 16.6 Å². The number of ketones is 1. The largest absolute Gasteiger partial charge is 0.503 e. The lowest BCUT2D eigenvalue weighted by Crippen LogP contribution is -2.31. The van der Waals surface area contributed by atoms with Crippen LogP contribution in [-0.2, 0) is 11.3 Å². The summed E-state index contributed by atoms with van der Waals surface area (Å²) in [6.45, 7) is 0.0400. The molecule has 33 heavy (non-hydrogen) atoms. The normalized spacial score (nSPS) is 16.1. The number of fused-ring (bicyclic) bond motifs is 1. The van der Waals surface area contributed by atoms with Crippen molar-refractivity contribution < 1.29 is 23.5 Å². The molecule has 1 atom stereocenters. The number of carbonyl (C=O) groups excluding carboxylic acids is 2. The minimum absolute atomic E-state index is 0.0400. The van der Waals surface area contributed by atoms with Gasteiger partial charge in [0.25, 0.3) is 5.91 Å². The van der Waals surface area contributed by atoms with E-state index in [4.69, 9.17) is 16.0 Å². The van der Waals surface area contributed by atoms with E-state index in [0.717, 1.165) is 0 Å². The molecule has 0 radical (unpaired) electrons. The zero-order valence-corrected chi connectivity index (χ0v) is 17.8. The van der Waals surface area contributed by atoms with Crippen molar-refractivity contribution in [1.82, 2.24) is 9.88 Å². The number of aliphatic hydroxyl groups is 1. The molecule has 8 heteroatoms. The Kier molecular flexibility index (Phi) is 5.18. The van der Waals surface area contributed by atoms with Crippen molar-refractivity contribution in [3.05, 3.63) is 112 Å². The van der Waals surface area contributed by atoms with Crippen LogP contribution in [0.25, 0.3) is 11.0 Å². The summed E-state index contributed by atoms with van der Waals surface area (Å²) in [5.41, 5.74) is 1.33. The summed E-state index contributed by atoms with van der Waals surface area (Å²) >= 11 is 6.03. The summed E-state index contributed by atoms with van der Waals surface area (Å²) in [5, 5.41) is 11.8. The predicted octanol–water partition coefficient (Wildman–Crippen LogP) is 5.40. The van der Waals surface area contributed by atoms with E-state index in [-0.39, 0.29) is 17.9 Å². The van der Waals surface area contributed by atoms with Gasteiger partial charge in [-0.25, -0.2) is 4.39 Å². The van der Waals surface area contributed by atoms with Crippen LogP contribution in [0, 0.1) is 5.82 Å². The summed E-state index contributed by atoms with van der Waals surface area (Å²) in [7, 11) is 0. The lowest BCUT2D eigenvalue weighted by Gasteiger charge is -2.26. The van der Waals surface area contributed by atoms with Gasteiger partial charge in [-0.2, -0.15) is 0 Å². The second-order valence-corrected chi connectivity index (χ2v) is 8.03. The Balaban J connectivity index is 1.60. The number of nitrogens with zero attached hydrogens (tertiary/aromatic N) is 2. The molecular weight excluding hydrogens is 447 g/mol. The molecule has 1 N–H and O–H groups in total. The molecule has 164 valence electrons. The molecule has 0 fully saturated rings. The SMILES string of the molecule is O=C(C1=C(O)C(=O)N(Cc2ccccn2)C1c1ccc(F)cc1)c1cc2cc(Cl)ccc2o1. The van der Waals surface area contributed by atoms with Crippen molar-refractivity contribution in [2.45, 2.75) is 12.6 Å². The van der Waals surface area contributed by atoms with Crippen molar-refractivity contribution in [3.8, 4) is 0 Å². The molecule has 1 aliphatic rings. The first-order chi connectivity index (χ1) is 15.9. The van der Waals surface area contributed by atoms with Gasteiger partial charge >= 0.3 is 0 Å². The minimum Gasteiger partial charge on any atom is -0.503 e. The topological polar surface area (TPSA) is 83.6 Å². The molecule has 3 heterocycles. The van der Waals surface area contributed by atoms with Gasteiger partial charge in [0.05, 0.1) is 23.9 Å². The Morgan fingerprint density at radius 3 is 2.64 bits per heavy atom. The first-order valence-corrected chi connectivity index (χ1v) is 10.4. The molecule has 2 aromatic carbocycles. The number of pyridine rings is 1. The van der Waals surface area contributed by atoms with Crippen LogP contribution < -0.4 is 0 Å². The number of hydrogen-bond acceptors (Lipinski definition) is 5. The van der Waals surface area contributed by atoms with Gasteiger partial charge in [0.15, 0.2) is 11.5 Å². The Bertz CT molecular complexity index is 1410. The van der Waals surface area contributed by atoms with Crippen LogP contribution >= 0.6 is 11.6 Å². The van der Waals surface area contributed by atoms with Crippen LogP contribution in [0.15, 0.2) is 88.7 Å². The van der Waals surface area contributed by atoms with E-state index in [1.54, 1.807) is 42.6 Å². The van der Waals surface area contributed by atoms with Crippen LogP contribution in [0.2, 0.25) is 5.02 Å². The molecule has 0 aliphatic carbocycles. The molecule has 1 aliphatic heterocycles. The van der Waals surface area contributed by atoms with Gasteiger partial charge in [-0.1, -0.05) is 29.8 Å². The monoisotopic (exact) mass is 462 g/mol. The standard InChI is InChI=1S/C25H16ClFN2O4/c26-16-6-9-19-15(11-16)12-20(33-19)23(30)21-22(14-4-7-17(27)8-5-14)29(25(32)24(21)31)13-18-3-1-2-10-28-18/h1-12,22,31H,13H2. The Morgan fingerprint density at radius 2 is 1.91 bits per heavy atom. The fourth-order valence-electron chi connectivity index (χ4n) is 3.97. The number of aromatic nitrogens is 1. The summed E-state index contributed by atoms with van der Waals surface area (Å²) in [5.74, 6) is -2.56. The Labute approximate surface area is 192 Å². The summed E-state index contributed by atoms with van der Waals surface area (Å²) in [6.07, 6.45) is 1.58. The molecular formula is C25H16ClFN2O4. The van der Waals surface area contributed by atoms with Crippen molar-refractivity contribution in [2.75, 3.05) is 0 Å². The van der Waals surface area contributed by atoms with Gasteiger partial charge < -0.3 is 14.4 Å². The summed E-state index contributed by atoms with van der Waals surface area (Å²) in [6, 6.07) is 16.1. The lowest BCUT2D eigenvalue weighted by atomic mass is 9.95. The number of furan rings is 1. The molecule has 5 rings (SSSR count). The van der Waals surface area contributed by atoms with E-state index < -0.39 is 29.3 Å². The van der Waals surface area contributed by atoms with Crippen LogP contribution in [0.4, 0.5) is 4.39 Å². The number of carbonyl (C=O) groups is 2. The zero-order valence-electron chi connectivity index (χ0n) is 17.0. The maximum atomic E-state index is 13.6. The van der Waals surface area contributed by atoms with Gasteiger partial charge in [-0.3, -0.25) is 14.6 Å². The molecule has 1 unspecified atom stereocenters. The molecule has 2 aromatic heterocycles. The number of Topliss-reactive ketones (excluding diaryl/α,β-unsaturated/α-hetero) is 1. The van der Waals surface area contributed by atoms with Gasteiger partial charge in [-0.05, 0) is 54.1 Å². The zero-order chi connectivity index (χ0) is 23.1. The lowest BCUT2D eigenvalue weighted by molar-refractivity contribution is -0.130. The van der Waals surface area contributed by atoms with E-state index in [9.17, 15) is 19.1 Å². The predicted molar refractivity (Wildman–Crippen MR) is 119 cm³/mol. The van der Waals surface area contributed by atoms with Crippen LogP contribution in [0.1, 0.15) is 27.9 Å². The Morgan fingerprint density at radius 1 is 1.12 bits per heavy atom. The minimum atomic E-state index is -0.954. The summed E-state index contributed by atoms with van der Waals surface area (Å²) in [4.78, 5) is 32.1. The van der Waals surface area contributed by atoms with Crippen molar-refractivity contribution in [3.63, 3.8) is 0 Å². The molecule has 6 nitrogen and oxygen atoms in total. The van der Waals surface area contributed by atoms with Crippen LogP contribution in [0.5, 0.6) is 0 Å². The fraction of sp³-hybridized carbons (Fsp3) is 0.0800. The molecule has 0 bridgehead atoms. The highest BCUT2D eigenvalue weighted by atomic mass is 35.5. The maximum Gasteiger partial charge on any atom is 0.290 e.